The van der Waals surface area contributed by atoms with Gasteiger partial charge in [-0.2, -0.15) is 0 Å². The van der Waals surface area contributed by atoms with Crippen molar-refractivity contribution < 1.29 is 9.21 Å². The van der Waals surface area contributed by atoms with Crippen LogP contribution in [0.2, 0.25) is 5.02 Å². The number of rotatable bonds is 3. The molecule has 4 rings (SSSR count). The summed E-state index contributed by atoms with van der Waals surface area (Å²) < 4.78 is 5.97. The van der Waals surface area contributed by atoms with Gasteiger partial charge in [0.25, 0.3) is 5.91 Å². The lowest BCUT2D eigenvalue weighted by atomic mass is 10.1. The number of nitrogens with one attached hydrogen (secondary N) is 1. The third kappa shape index (κ3) is 3.82. The predicted octanol–water partition coefficient (Wildman–Crippen LogP) is 5.88. The summed E-state index contributed by atoms with van der Waals surface area (Å²) in [5.41, 5.74) is 3.52. The average molecular weight is 389 g/mol. The molecule has 0 aliphatic heterocycles. The van der Waals surface area contributed by atoms with Crippen LogP contribution in [0.15, 0.2) is 88.3 Å². The third-order valence-electron chi connectivity index (χ3n) is 4.30. The average Bonchev–Trinajstić information content (AvgIpc) is 2.71. The molecule has 0 unspecified atom stereocenters. The van der Waals surface area contributed by atoms with Gasteiger partial charge in [-0.05, 0) is 55.0 Å². The van der Waals surface area contributed by atoms with Crippen LogP contribution in [0.25, 0.3) is 11.0 Å². The number of halogens is 1. The van der Waals surface area contributed by atoms with Gasteiger partial charge < -0.3 is 9.73 Å². The SMILES string of the molecule is Cc1cc(N=c2oc3ccccc3cc2C(=O)Nc2ccccc2)ccc1Cl. The third-order valence-corrected chi connectivity index (χ3v) is 4.73. The summed E-state index contributed by atoms with van der Waals surface area (Å²) in [7, 11) is 0. The minimum absolute atomic E-state index is 0.244. The van der Waals surface area contributed by atoms with E-state index in [2.05, 4.69) is 10.3 Å². The van der Waals surface area contributed by atoms with E-state index in [1.807, 2.05) is 67.6 Å². The maximum absolute atomic E-state index is 12.9. The molecule has 4 aromatic rings. The molecule has 0 spiro atoms. The summed E-state index contributed by atoms with van der Waals surface area (Å²) in [5, 5.41) is 4.38. The van der Waals surface area contributed by atoms with Gasteiger partial charge in [0.1, 0.15) is 11.1 Å². The lowest BCUT2D eigenvalue weighted by Gasteiger charge is -2.07. The Kier molecular flexibility index (Phi) is 4.96. The van der Waals surface area contributed by atoms with Gasteiger partial charge in [-0.25, -0.2) is 4.99 Å². The van der Waals surface area contributed by atoms with E-state index < -0.39 is 0 Å². The van der Waals surface area contributed by atoms with Crippen LogP contribution in [0.3, 0.4) is 0 Å². The first-order valence-corrected chi connectivity index (χ1v) is 9.18. The zero-order valence-electron chi connectivity index (χ0n) is 15.1. The van der Waals surface area contributed by atoms with Crippen molar-refractivity contribution in [2.45, 2.75) is 6.92 Å². The highest BCUT2D eigenvalue weighted by Crippen LogP contribution is 2.22. The van der Waals surface area contributed by atoms with Gasteiger partial charge in [0.2, 0.25) is 5.55 Å². The number of fused-ring (bicyclic) bond motifs is 1. The summed E-state index contributed by atoms with van der Waals surface area (Å²) in [6.45, 7) is 1.90. The van der Waals surface area contributed by atoms with E-state index >= 15 is 0 Å². The number of amides is 1. The van der Waals surface area contributed by atoms with E-state index in [9.17, 15) is 4.79 Å². The summed E-state index contributed by atoms with van der Waals surface area (Å²) in [6, 6.07) is 24.0. The smallest absolute Gasteiger partial charge is 0.261 e. The first kappa shape index (κ1) is 18.0. The summed E-state index contributed by atoms with van der Waals surface area (Å²) in [4.78, 5) is 17.5. The number of hydrogen-bond donors (Lipinski definition) is 1. The lowest BCUT2D eigenvalue weighted by molar-refractivity contribution is 0.102. The molecule has 0 saturated heterocycles. The molecule has 1 amide bonds. The topological polar surface area (TPSA) is 54.6 Å². The molecule has 1 heterocycles. The summed E-state index contributed by atoms with van der Waals surface area (Å²) in [5.74, 6) is -0.287. The van der Waals surface area contributed by atoms with Crippen molar-refractivity contribution in [1.82, 2.24) is 0 Å². The highest BCUT2D eigenvalue weighted by molar-refractivity contribution is 6.31. The molecule has 0 aliphatic rings. The number of hydrogen-bond acceptors (Lipinski definition) is 3. The molecule has 0 fully saturated rings. The summed E-state index contributed by atoms with van der Waals surface area (Å²) >= 11 is 6.10. The van der Waals surface area contributed by atoms with Crippen LogP contribution >= 0.6 is 11.6 Å². The molecular formula is C23H17ClN2O2. The predicted molar refractivity (Wildman–Crippen MR) is 112 cm³/mol. The number of nitrogens with zero attached hydrogens (tertiary/aromatic N) is 1. The molecule has 1 N–H and O–H groups in total. The fourth-order valence-electron chi connectivity index (χ4n) is 2.85. The van der Waals surface area contributed by atoms with Crippen molar-refractivity contribution in [2.75, 3.05) is 5.32 Å². The maximum atomic E-state index is 12.9. The van der Waals surface area contributed by atoms with E-state index in [-0.39, 0.29) is 11.5 Å². The number of carbonyl (C=O) groups is 1. The van der Waals surface area contributed by atoms with Gasteiger partial charge in [0.05, 0.1) is 5.69 Å². The Hall–Kier alpha value is -3.37. The van der Waals surface area contributed by atoms with E-state index in [1.54, 1.807) is 18.2 Å². The highest BCUT2D eigenvalue weighted by Gasteiger charge is 2.13. The molecule has 4 nitrogen and oxygen atoms in total. The number of aryl methyl sites for hydroxylation is 1. The largest absolute Gasteiger partial charge is 0.438 e. The van der Waals surface area contributed by atoms with Crippen LogP contribution in [-0.2, 0) is 0 Å². The monoisotopic (exact) mass is 388 g/mol. The minimum Gasteiger partial charge on any atom is -0.438 e. The highest BCUT2D eigenvalue weighted by atomic mass is 35.5. The normalized spacial score (nSPS) is 11.6. The second kappa shape index (κ2) is 7.71. The van der Waals surface area contributed by atoms with Gasteiger partial charge in [0, 0.05) is 16.1 Å². The van der Waals surface area contributed by atoms with Gasteiger partial charge in [-0.1, -0.05) is 48.0 Å². The Morgan fingerprint density at radius 2 is 1.71 bits per heavy atom. The second-order valence-electron chi connectivity index (χ2n) is 6.37. The van der Waals surface area contributed by atoms with Crippen molar-refractivity contribution in [2.24, 2.45) is 4.99 Å². The van der Waals surface area contributed by atoms with Crippen LogP contribution in [0.1, 0.15) is 15.9 Å². The molecule has 0 atom stereocenters. The lowest BCUT2D eigenvalue weighted by Crippen LogP contribution is -2.21. The second-order valence-corrected chi connectivity index (χ2v) is 6.78. The Morgan fingerprint density at radius 1 is 0.964 bits per heavy atom. The van der Waals surface area contributed by atoms with Crippen molar-refractivity contribution in [3.05, 3.63) is 101 Å². The Balaban J connectivity index is 1.85. The quantitative estimate of drug-likeness (QED) is 0.476. The van der Waals surface area contributed by atoms with Crippen molar-refractivity contribution in [1.29, 1.82) is 0 Å². The maximum Gasteiger partial charge on any atom is 0.261 e. The van der Waals surface area contributed by atoms with E-state index in [0.29, 0.717) is 27.5 Å². The number of anilines is 1. The van der Waals surface area contributed by atoms with Gasteiger partial charge >= 0.3 is 0 Å². The Morgan fingerprint density at radius 3 is 2.50 bits per heavy atom. The zero-order chi connectivity index (χ0) is 19.5. The van der Waals surface area contributed by atoms with Crippen molar-refractivity contribution >= 4 is 39.9 Å². The van der Waals surface area contributed by atoms with E-state index in [4.69, 9.17) is 16.0 Å². The fraction of sp³-hybridized carbons (Fsp3) is 0.0435. The number of carbonyl (C=O) groups excluding carboxylic acids is 1. The number of para-hydroxylation sites is 2. The summed E-state index contributed by atoms with van der Waals surface area (Å²) in [6.07, 6.45) is 0. The molecule has 5 heteroatoms. The van der Waals surface area contributed by atoms with Gasteiger partial charge in [-0.3, -0.25) is 4.79 Å². The van der Waals surface area contributed by atoms with Crippen LogP contribution in [-0.4, -0.2) is 5.91 Å². The van der Waals surface area contributed by atoms with Crippen molar-refractivity contribution in [3.8, 4) is 0 Å². The molecule has 3 aromatic carbocycles. The van der Waals surface area contributed by atoms with Gasteiger partial charge in [-0.15, -0.1) is 0 Å². The molecule has 138 valence electrons. The molecule has 1 aromatic heterocycles. The van der Waals surface area contributed by atoms with Gasteiger partial charge in [0.15, 0.2) is 0 Å². The number of benzene rings is 3. The van der Waals surface area contributed by atoms with Crippen LogP contribution in [0.4, 0.5) is 11.4 Å². The molecule has 0 bridgehead atoms. The molecule has 0 radical (unpaired) electrons. The van der Waals surface area contributed by atoms with Crippen LogP contribution in [0.5, 0.6) is 0 Å². The zero-order valence-corrected chi connectivity index (χ0v) is 15.9. The Bertz CT molecular complexity index is 1230. The first-order chi connectivity index (χ1) is 13.6. The van der Waals surface area contributed by atoms with Crippen molar-refractivity contribution in [3.63, 3.8) is 0 Å². The van der Waals surface area contributed by atoms with Crippen LogP contribution in [0, 0.1) is 6.92 Å². The first-order valence-electron chi connectivity index (χ1n) is 8.80. The fourth-order valence-corrected chi connectivity index (χ4v) is 2.97. The minimum atomic E-state index is -0.287. The van der Waals surface area contributed by atoms with E-state index in [1.165, 1.54) is 0 Å². The molecule has 0 aliphatic carbocycles. The molecule has 0 saturated carbocycles. The van der Waals surface area contributed by atoms with E-state index in [0.717, 1.165) is 10.9 Å². The molecule has 28 heavy (non-hydrogen) atoms. The molecular weight excluding hydrogens is 372 g/mol. The van der Waals surface area contributed by atoms with Crippen LogP contribution < -0.4 is 10.9 Å². The standard InChI is InChI=1S/C23H17ClN2O2/c1-15-13-18(11-12-20(15)24)26-23-19(14-16-7-5-6-10-21(16)28-23)22(27)25-17-8-3-2-4-9-17/h2-14H,1H3,(H,25,27). The Labute approximate surface area is 167 Å².